The molecule has 5 N–H and O–H groups in total. The lowest BCUT2D eigenvalue weighted by molar-refractivity contribution is 0.399. The molecule has 0 spiro atoms. The molecular formula is C5H23O5P. The van der Waals surface area contributed by atoms with Crippen LogP contribution in [0.25, 0.3) is 0 Å². The van der Waals surface area contributed by atoms with Crippen LogP contribution in [0.2, 0.25) is 0 Å². The molecule has 0 aliphatic carbocycles. The van der Waals surface area contributed by atoms with Gasteiger partial charge in [0.1, 0.15) is 0 Å². The highest BCUT2D eigenvalue weighted by Gasteiger charge is 0.847. The van der Waals surface area contributed by atoms with Gasteiger partial charge in [-0.25, -0.2) is 0 Å². The van der Waals surface area contributed by atoms with Gasteiger partial charge >= 0.3 is 0 Å². The smallest absolute Gasteiger partial charge is 0.0319 e. The Labute approximate surface area is 71.9 Å². The molecule has 0 saturated carbocycles. The van der Waals surface area contributed by atoms with Crippen LogP contribution in [0.4, 0.5) is 0 Å². The zero-order chi connectivity index (χ0) is 10.0. The third-order valence-corrected chi connectivity index (χ3v) is 0. The summed E-state index contributed by atoms with van der Waals surface area (Å²) in [5.74, 6) is 0. The van der Waals surface area contributed by atoms with Gasteiger partial charge in [-0.05, 0) is 0 Å². The van der Waals surface area contributed by atoms with Gasteiger partial charge < -0.3 is 25.5 Å². The van der Waals surface area contributed by atoms with E-state index in [1.807, 2.05) is 0 Å². The fourth-order valence-corrected chi connectivity index (χ4v) is 0. The van der Waals surface area contributed by atoms with E-state index in [4.69, 9.17) is 25.5 Å². The minimum absolute atomic E-state index is 0. The highest BCUT2D eigenvalue weighted by Crippen LogP contribution is 0.861. The minimum atomic E-state index is 0. The van der Waals surface area contributed by atoms with Crippen molar-refractivity contribution in [1.82, 2.24) is 0 Å². The highest BCUT2D eigenvalue weighted by atomic mass is 31.0. The molecule has 0 saturated heterocycles. The summed E-state index contributed by atoms with van der Waals surface area (Å²) in [7, 11) is 5.00. The Morgan fingerprint density at radius 2 is 0.364 bits per heavy atom. The zero-order valence-electron chi connectivity index (χ0n) is 7.94. The van der Waals surface area contributed by atoms with Crippen LogP contribution in [0, 0.1) is 0 Å². The lowest BCUT2D eigenvalue weighted by Crippen LogP contribution is -1.25. The molecule has 1 atom stereocenters. The monoisotopic (exact) mass is 194 g/mol. The normalized spacial score (nSPS) is 2.73. The van der Waals surface area contributed by atoms with E-state index in [0.29, 0.717) is 0 Å². The molecule has 0 rings (SSSR count). The summed E-state index contributed by atoms with van der Waals surface area (Å²) in [6.45, 7) is 0. The van der Waals surface area contributed by atoms with Gasteiger partial charge in [-0.1, -0.05) is 0 Å². The van der Waals surface area contributed by atoms with E-state index in [1.165, 1.54) is 0 Å². The predicted octanol–water partition coefficient (Wildman–Crippen LogP) is -1.90. The summed E-state index contributed by atoms with van der Waals surface area (Å²) in [5.41, 5.74) is 0. The van der Waals surface area contributed by atoms with E-state index >= 15 is 0 Å². The number of hydrogen-bond donors (Lipinski definition) is 5. The molecular weight excluding hydrogens is 171 g/mol. The first kappa shape index (κ1) is 43.0. The summed E-state index contributed by atoms with van der Waals surface area (Å²) < 4.78 is 0. The van der Waals surface area contributed by atoms with E-state index in [2.05, 4.69) is 0 Å². The number of rotatable bonds is 0. The summed E-state index contributed by atoms with van der Waals surface area (Å²) in [6, 6.07) is 0. The van der Waals surface area contributed by atoms with Crippen molar-refractivity contribution in [2.45, 2.75) is 0 Å². The Bertz CT molecular complexity index is 14.8. The average Bonchev–Trinajstić information content (AvgIpc) is 2.20. The molecule has 5 nitrogen and oxygen atoms in total. The van der Waals surface area contributed by atoms with Crippen LogP contribution in [-0.2, 0) is 0 Å². The summed E-state index contributed by atoms with van der Waals surface area (Å²) >= 11 is 0. The van der Waals surface area contributed by atoms with Gasteiger partial charge in [0.25, 0.3) is 0 Å². The maximum atomic E-state index is 7.00. The van der Waals surface area contributed by atoms with Crippen molar-refractivity contribution in [1.29, 1.82) is 0 Å². The standard InChI is InChI=1S/5CH4O.H3P/c5*1-2;/h5*2H,1H3;1H3. The van der Waals surface area contributed by atoms with Crippen molar-refractivity contribution < 1.29 is 25.5 Å². The topological polar surface area (TPSA) is 101 Å². The second-order valence-corrected chi connectivity index (χ2v) is 0. The third kappa shape index (κ3) is 13100. The van der Waals surface area contributed by atoms with Crippen LogP contribution in [0.5, 0.6) is 0 Å². The first-order valence-corrected chi connectivity index (χ1v) is 2.24. The molecule has 0 aromatic heterocycles. The maximum absolute atomic E-state index is 7.00. The van der Waals surface area contributed by atoms with Crippen LogP contribution < -0.4 is 0 Å². The molecule has 0 aromatic carbocycles. The lowest BCUT2D eigenvalue weighted by atomic mass is 11.8. The Morgan fingerprint density at radius 1 is 0.364 bits per heavy atom. The fraction of sp³-hybridized carbons (Fsp3) is 1.00. The molecule has 6 heteroatoms. The molecule has 0 fully saturated rings. The van der Waals surface area contributed by atoms with Crippen LogP contribution in [0.15, 0.2) is 0 Å². The molecule has 0 amide bonds. The second-order valence-electron chi connectivity index (χ2n) is 0. The molecule has 0 heterocycles. The fourth-order valence-electron chi connectivity index (χ4n) is 0. The first-order valence-electron chi connectivity index (χ1n) is 2.24. The van der Waals surface area contributed by atoms with Crippen molar-refractivity contribution in [2.24, 2.45) is 0 Å². The third-order valence-electron chi connectivity index (χ3n) is 0. The quantitative estimate of drug-likeness (QED) is 0.290. The van der Waals surface area contributed by atoms with Crippen LogP contribution in [0.1, 0.15) is 0 Å². The van der Waals surface area contributed by atoms with Crippen molar-refractivity contribution >= 4 is 9.90 Å². The molecule has 0 aliphatic rings. The van der Waals surface area contributed by atoms with Gasteiger partial charge in [0, 0.05) is 35.5 Å². The number of aliphatic hydroxyl groups excluding tert-OH is 5. The number of hydrogen-bond acceptors (Lipinski definition) is 5. The van der Waals surface area contributed by atoms with Crippen molar-refractivity contribution in [3.63, 3.8) is 0 Å². The maximum Gasteiger partial charge on any atom is 0.0319 e. The van der Waals surface area contributed by atoms with Crippen LogP contribution >= 0.6 is 9.90 Å². The van der Waals surface area contributed by atoms with Crippen molar-refractivity contribution in [2.75, 3.05) is 35.5 Å². The largest absolute Gasteiger partial charge is 0.400 e. The Kier molecular flexibility index (Phi) is 64400. The zero-order valence-corrected chi connectivity index (χ0v) is 9.36. The van der Waals surface area contributed by atoms with E-state index in [9.17, 15) is 0 Å². The Morgan fingerprint density at radius 3 is 0.364 bits per heavy atom. The van der Waals surface area contributed by atoms with Crippen LogP contribution in [0.3, 0.4) is 0 Å². The van der Waals surface area contributed by atoms with Gasteiger partial charge in [-0.2, -0.15) is 9.90 Å². The molecule has 0 radical (unpaired) electrons. The minimum Gasteiger partial charge on any atom is -0.400 e. The van der Waals surface area contributed by atoms with E-state index in [0.717, 1.165) is 35.5 Å². The highest BCUT2D eigenvalue weighted by molar-refractivity contribution is 6.92. The second kappa shape index (κ2) is 16500. The Balaban J connectivity index is -0.00000000694. The van der Waals surface area contributed by atoms with Crippen molar-refractivity contribution in [3.05, 3.63) is 0 Å². The van der Waals surface area contributed by atoms with Crippen LogP contribution in [-0.4, -0.2) is 61.1 Å². The van der Waals surface area contributed by atoms with Gasteiger partial charge in [-0.3, -0.25) is 0 Å². The van der Waals surface area contributed by atoms with Crippen molar-refractivity contribution in [3.8, 4) is 0 Å². The molecule has 0 bridgehead atoms. The lowest BCUT2D eigenvalue weighted by Gasteiger charge is -1.21. The van der Waals surface area contributed by atoms with Gasteiger partial charge in [0.2, 0.25) is 0 Å². The Hall–Kier alpha value is 0.230. The summed E-state index contributed by atoms with van der Waals surface area (Å²) in [6.07, 6.45) is 0. The molecule has 78 valence electrons. The molecule has 0 aromatic rings. The van der Waals surface area contributed by atoms with Gasteiger partial charge in [0.15, 0.2) is 0 Å². The first-order chi connectivity index (χ1) is 5.00. The van der Waals surface area contributed by atoms with Gasteiger partial charge in [0.05, 0.1) is 0 Å². The van der Waals surface area contributed by atoms with E-state index in [-0.39, 0.29) is 9.90 Å². The summed E-state index contributed by atoms with van der Waals surface area (Å²) in [5, 5.41) is 35.0. The summed E-state index contributed by atoms with van der Waals surface area (Å²) in [4.78, 5) is 0. The molecule has 11 heavy (non-hydrogen) atoms. The van der Waals surface area contributed by atoms with Gasteiger partial charge in [-0.15, -0.1) is 0 Å². The average molecular weight is 194 g/mol. The predicted molar refractivity (Wildman–Crippen MR) is 51.8 cm³/mol. The van der Waals surface area contributed by atoms with E-state index in [1.54, 1.807) is 0 Å². The number of aliphatic hydroxyl groups is 5. The SMILES string of the molecule is CO.CO.CO.CO.CO.P. The van der Waals surface area contributed by atoms with E-state index < -0.39 is 0 Å². The molecule has 1 unspecified atom stereocenters. The molecule has 0 aliphatic heterocycles.